The molecule has 2 atom stereocenters. The van der Waals surface area contributed by atoms with Crippen molar-refractivity contribution in [1.29, 1.82) is 0 Å². The lowest BCUT2D eigenvalue weighted by molar-refractivity contribution is -0.0462. The van der Waals surface area contributed by atoms with Gasteiger partial charge >= 0.3 is 0 Å². The molecule has 0 amide bonds. The standard InChI is InChI=1S/C13H18F3N3O/c1-2-19-5-6-20-10(7-19)13(18-17)8-3-4-9(14)12(16)11(8)15/h3-4,10,13,18H,2,5-7,17H2,1H3. The van der Waals surface area contributed by atoms with Crippen LogP contribution in [0, 0.1) is 17.5 Å². The summed E-state index contributed by atoms with van der Waals surface area (Å²) < 4.78 is 45.7. The Bertz CT molecular complexity index is 472. The lowest BCUT2D eigenvalue weighted by Gasteiger charge is -2.36. The van der Waals surface area contributed by atoms with Crippen LogP contribution in [0.2, 0.25) is 0 Å². The van der Waals surface area contributed by atoms with E-state index < -0.39 is 29.6 Å². The predicted molar refractivity (Wildman–Crippen MR) is 68.2 cm³/mol. The van der Waals surface area contributed by atoms with Gasteiger partial charge in [-0.2, -0.15) is 0 Å². The summed E-state index contributed by atoms with van der Waals surface area (Å²) in [5.74, 6) is 1.50. The first-order valence-electron chi connectivity index (χ1n) is 6.52. The molecular formula is C13H18F3N3O. The smallest absolute Gasteiger partial charge is 0.194 e. The molecular weight excluding hydrogens is 271 g/mol. The third-order valence-electron chi connectivity index (χ3n) is 3.58. The Morgan fingerprint density at radius 3 is 2.80 bits per heavy atom. The van der Waals surface area contributed by atoms with Gasteiger partial charge in [0.1, 0.15) is 0 Å². The van der Waals surface area contributed by atoms with Crippen LogP contribution in [0.25, 0.3) is 0 Å². The summed E-state index contributed by atoms with van der Waals surface area (Å²) in [5.41, 5.74) is 2.41. The van der Waals surface area contributed by atoms with Gasteiger partial charge < -0.3 is 4.74 Å². The molecule has 7 heteroatoms. The zero-order valence-electron chi connectivity index (χ0n) is 11.2. The Balaban J connectivity index is 2.26. The number of nitrogens with one attached hydrogen (secondary N) is 1. The van der Waals surface area contributed by atoms with E-state index in [1.165, 1.54) is 6.07 Å². The zero-order chi connectivity index (χ0) is 14.7. The molecule has 112 valence electrons. The minimum Gasteiger partial charge on any atom is -0.374 e. The van der Waals surface area contributed by atoms with E-state index in [1.807, 2.05) is 6.92 Å². The number of halogens is 3. The van der Waals surface area contributed by atoms with E-state index in [1.54, 1.807) is 0 Å². The number of morpholine rings is 1. The summed E-state index contributed by atoms with van der Waals surface area (Å²) in [6, 6.07) is 1.34. The van der Waals surface area contributed by atoms with E-state index in [0.29, 0.717) is 13.2 Å². The van der Waals surface area contributed by atoms with E-state index in [4.69, 9.17) is 10.6 Å². The van der Waals surface area contributed by atoms with Gasteiger partial charge in [-0.25, -0.2) is 13.2 Å². The maximum absolute atomic E-state index is 13.9. The molecule has 1 saturated heterocycles. The van der Waals surface area contributed by atoms with Gasteiger partial charge in [-0.1, -0.05) is 13.0 Å². The van der Waals surface area contributed by atoms with Crippen molar-refractivity contribution in [3.8, 4) is 0 Å². The Morgan fingerprint density at radius 2 is 2.15 bits per heavy atom. The number of hydrogen-bond acceptors (Lipinski definition) is 4. The van der Waals surface area contributed by atoms with Crippen LogP contribution in [-0.2, 0) is 4.74 Å². The molecule has 1 aromatic carbocycles. The van der Waals surface area contributed by atoms with Gasteiger partial charge in [-0.15, -0.1) is 0 Å². The van der Waals surface area contributed by atoms with Gasteiger partial charge in [0.25, 0.3) is 0 Å². The SMILES string of the molecule is CCN1CCOC(C(NN)c2ccc(F)c(F)c2F)C1. The topological polar surface area (TPSA) is 50.5 Å². The second-order valence-electron chi connectivity index (χ2n) is 4.71. The van der Waals surface area contributed by atoms with Gasteiger partial charge in [-0.3, -0.25) is 16.2 Å². The summed E-state index contributed by atoms with van der Waals surface area (Å²) >= 11 is 0. The molecule has 1 aliphatic rings. The van der Waals surface area contributed by atoms with Crippen molar-refractivity contribution >= 4 is 0 Å². The van der Waals surface area contributed by atoms with Crippen LogP contribution in [0.15, 0.2) is 12.1 Å². The average Bonchev–Trinajstić information content (AvgIpc) is 2.48. The van der Waals surface area contributed by atoms with Gasteiger partial charge in [-0.05, 0) is 12.6 Å². The molecule has 0 radical (unpaired) electrons. The van der Waals surface area contributed by atoms with Crippen molar-refractivity contribution in [3.05, 3.63) is 35.1 Å². The van der Waals surface area contributed by atoms with E-state index in [-0.39, 0.29) is 5.56 Å². The van der Waals surface area contributed by atoms with Crippen LogP contribution in [0.5, 0.6) is 0 Å². The molecule has 3 N–H and O–H groups in total. The highest BCUT2D eigenvalue weighted by atomic mass is 19.2. The van der Waals surface area contributed by atoms with E-state index in [0.717, 1.165) is 19.2 Å². The number of ether oxygens (including phenoxy) is 1. The molecule has 1 heterocycles. The monoisotopic (exact) mass is 289 g/mol. The summed E-state index contributed by atoms with van der Waals surface area (Å²) in [7, 11) is 0. The van der Waals surface area contributed by atoms with Gasteiger partial charge in [0.2, 0.25) is 0 Å². The summed E-state index contributed by atoms with van der Waals surface area (Å²) in [6.07, 6.45) is -0.423. The van der Waals surface area contributed by atoms with E-state index in [9.17, 15) is 13.2 Å². The minimum atomic E-state index is -1.49. The van der Waals surface area contributed by atoms with Crippen molar-refractivity contribution in [1.82, 2.24) is 10.3 Å². The van der Waals surface area contributed by atoms with Gasteiger partial charge in [0.15, 0.2) is 17.5 Å². The predicted octanol–water partition coefficient (Wildman–Crippen LogP) is 1.33. The Kier molecular flexibility index (Phi) is 4.98. The van der Waals surface area contributed by atoms with Crippen LogP contribution in [0.3, 0.4) is 0 Å². The number of benzene rings is 1. The molecule has 20 heavy (non-hydrogen) atoms. The molecule has 4 nitrogen and oxygen atoms in total. The Morgan fingerprint density at radius 1 is 1.40 bits per heavy atom. The molecule has 2 unspecified atom stereocenters. The first-order chi connectivity index (χ1) is 9.58. The van der Waals surface area contributed by atoms with E-state index >= 15 is 0 Å². The van der Waals surface area contributed by atoms with E-state index in [2.05, 4.69) is 10.3 Å². The van der Waals surface area contributed by atoms with Gasteiger partial charge in [0, 0.05) is 18.7 Å². The lowest BCUT2D eigenvalue weighted by atomic mass is 9.99. The molecule has 0 aromatic heterocycles. The van der Waals surface area contributed by atoms with Gasteiger partial charge in [0.05, 0.1) is 18.8 Å². The quantitative estimate of drug-likeness (QED) is 0.499. The first kappa shape index (κ1) is 15.2. The third kappa shape index (κ3) is 2.95. The Hall–Kier alpha value is -1.15. The largest absolute Gasteiger partial charge is 0.374 e. The summed E-state index contributed by atoms with van der Waals surface area (Å²) in [6.45, 7) is 4.65. The average molecular weight is 289 g/mol. The highest BCUT2D eigenvalue weighted by molar-refractivity contribution is 5.24. The Labute approximate surface area is 115 Å². The fraction of sp³-hybridized carbons (Fsp3) is 0.538. The van der Waals surface area contributed by atoms with Crippen molar-refractivity contribution in [2.75, 3.05) is 26.2 Å². The molecule has 0 spiro atoms. The maximum Gasteiger partial charge on any atom is 0.194 e. The summed E-state index contributed by atoms with van der Waals surface area (Å²) in [5, 5.41) is 0. The molecule has 1 aromatic rings. The van der Waals surface area contributed by atoms with Crippen molar-refractivity contribution in [3.63, 3.8) is 0 Å². The fourth-order valence-corrected chi connectivity index (χ4v) is 2.40. The molecule has 0 aliphatic carbocycles. The molecule has 0 bridgehead atoms. The number of rotatable bonds is 4. The minimum absolute atomic E-state index is 0.0330. The van der Waals surface area contributed by atoms with Crippen LogP contribution >= 0.6 is 0 Å². The second kappa shape index (κ2) is 6.53. The molecule has 0 saturated carbocycles. The number of likely N-dealkylation sites (N-methyl/N-ethyl adjacent to an activating group) is 1. The van der Waals surface area contributed by atoms with Crippen LogP contribution in [0.1, 0.15) is 18.5 Å². The first-order valence-corrected chi connectivity index (χ1v) is 6.52. The highest BCUT2D eigenvalue weighted by Gasteiger charge is 2.31. The molecule has 1 aliphatic heterocycles. The third-order valence-corrected chi connectivity index (χ3v) is 3.58. The fourth-order valence-electron chi connectivity index (χ4n) is 2.40. The maximum atomic E-state index is 13.9. The molecule has 1 fully saturated rings. The van der Waals surface area contributed by atoms with Crippen LogP contribution < -0.4 is 11.3 Å². The normalized spacial score (nSPS) is 21.9. The summed E-state index contributed by atoms with van der Waals surface area (Å²) in [4.78, 5) is 2.12. The number of hydrazine groups is 1. The lowest BCUT2D eigenvalue weighted by Crippen LogP contribution is -2.49. The van der Waals surface area contributed by atoms with Crippen molar-refractivity contribution < 1.29 is 17.9 Å². The van der Waals surface area contributed by atoms with Crippen molar-refractivity contribution in [2.24, 2.45) is 5.84 Å². The van der Waals surface area contributed by atoms with Crippen LogP contribution in [-0.4, -0.2) is 37.2 Å². The highest BCUT2D eigenvalue weighted by Crippen LogP contribution is 2.26. The van der Waals surface area contributed by atoms with Crippen molar-refractivity contribution in [2.45, 2.75) is 19.1 Å². The number of hydrogen-bond donors (Lipinski definition) is 2. The number of nitrogens with zero attached hydrogens (tertiary/aromatic N) is 1. The van der Waals surface area contributed by atoms with Crippen LogP contribution in [0.4, 0.5) is 13.2 Å². The molecule has 2 rings (SSSR count). The number of nitrogens with two attached hydrogens (primary N) is 1. The second-order valence-corrected chi connectivity index (χ2v) is 4.71. The zero-order valence-corrected chi connectivity index (χ0v) is 11.2.